The third-order valence-corrected chi connectivity index (χ3v) is 1.64. The molecule has 0 saturated heterocycles. The molecular weight excluding hydrogens is 171 g/mol. The number of nitrogen functional groups attached to an aromatic ring is 1. The highest BCUT2D eigenvalue weighted by atomic mass is 19.1. The summed E-state index contributed by atoms with van der Waals surface area (Å²) in [5.41, 5.74) is 10.8. The van der Waals surface area contributed by atoms with Gasteiger partial charge in [-0.15, -0.1) is 0 Å². The third kappa shape index (κ3) is 2.59. The third-order valence-electron chi connectivity index (χ3n) is 1.64. The highest BCUT2D eigenvalue weighted by molar-refractivity contribution is 5.43. The topological polar surface area (TPSA) is 61.3 Å². The summed E-state index contributed by atoms with van der Waals surface area (Å²) in [5.74, 6) is -0.0219. The molecule has 4 N–H and O–H groups in total. The van der Waals surface area contributed by atoms with Crippen molar-refractivity contribution in [2.45, 2.75) is 13.0 Å². The van der Waals surface area contributed by atoms with Crippen LogP contribution in [-0.2, 0) is 0 Å². The molecule has 1 unspecified atom stereocenters. The van der Waals surface area contributed by atoms with Crippen LogP contribution >= 0.6 is 0 Å². The predicted octanol–water partition coefficient (Wildman–Crippen LogP) is 1.13. The van der Waals surface area contributed by atoms with E-state index in [4.69, 9.17) is 16.2 Å². The highest BCUT2D eigenvalue weighted by Crippen LogP contribution is 2.18. The maximum absolute atomic E-state index is 12.9. The van der Waals surface area contributed by atoms with Crippen LogP contribution in [0.4, 0.5) is 10.1 Å². The van der Waals surface area contributed by atoms with Crippen LogP contribution in [0.15, 0.2) is 18.2 Å². The predicted molar refractivity (Wildman–Crippen MR) is 50.0 cm³/mol. The lowest BCUT2D eigenvalue weighted by Gasteiger charge is -2.12. The van der Waals surface area contributed by atoms with Crippen LogP contribution in [0.2, 0.25) is 0 Å². The summed E-state index contributed by atoms with van der Waals surface area (Å²) in [6.07, 6.45) is -0.122. The van der Waals surface area contributed by atoms with Crippen molar-refractivity contribution in [3.05, 3.63) is 24.0 Å². The van der Waals surface area contributed by atoms with E-state index in [1.165, 1.54) is 12.1 Å². The molecule has 0 aliphatic carbocycles. The summed E-state index contributed by atoms with van der Waals surface area (Å²) < 4.78 is 18.2. The molecule has 0 aliphatic heterocycles. The van der Waals surface area contributed by atoms with Crippen LogP contribution in [0.5, 0.6) is 5.75 Å². The Kier molecular flexibility index (Phi) is 3.08. The van der Waals surface area contributed by atoms with Crippen molar-refractivity contribution in [1.82, 2.24) is 0 Å². The average molecular weight is 184 g/mol. The van der Waals surface area contributed by atoms with Crippen LogP contribution in [0, 0.1) is 5.82 Å². The molecule has 0 bridgehead atoms. The zero-order chi connectivity index (χ0) is 9.84. The molecule has 0 radical (unpaired) electrons. The molecular formula is C9H13FN2O. The van der Waals surface area contributed by atoms with E-state index in [2.05, 4.69) is 0 Å². The summed E-state index contributed by atoms with van der Waals surface area (Å²) in [4.78, 5) is 0. The molecule has 1 aromatic rings. The number of nitrogens with two attached hydrogens (primary N) is 2. The van der Waals surface area contributed by atoms with Crippen molar-refractivity contribution in [2.24, 2.45) is 5.73 Å². The highest BCUT2D eigenvalue weighted by Gasteiger charge is 2.03. The molecule has 0 aliphatic rings. The standard InChI is InChI=1S/C9H13FN2O/c1-6(5-11)13-7-2-3-9(12)8(10)4-7/h2-4,6H,5,11-12H2,1H3. The molecule has 1 atom stereocenters. The summed E-state index contributed by atoms with van der Waals surface area (Å²) in [5, 5.41) is 0. The fraction of sp³-hybridized carbons (Fsp3) is 0.333. The van der Waals surface area contributed by atoms with E-state index in [0.29, 0.717) is 12.3 Å². The van der Waals surface area contributed by atoms with E-state index in [1.54, 1.807) is 6.07 Å². The SMILES string of the molecule is CC(CN)Oc1ccc(N)c(F)c1. The largest absolute Gasteiger partial charge is 0.489 e. The number of rotatable bonds is 3. The van der Waals surface area contributed by atoms with Gasteiger partial charge in [-0.2, -0.15) is 0 Å². The van der Waals surface area contributed by atoms with E-state index < -0.39 is 5.82 Å². The van der Waals surface area contributed by atoms with Crippen LogP contribution < -0.4 is 16.2 Å². The lowest BCUT2D eigenvalue weighted by molar-refractivity contribution is 0.229. The zero-order valence-corrected chi connectivity index (χ0v) is 7.46. The van der Waals surface area contributed by atoms with Crippen LogP contribution in [0.25, 0.3) is 0 Å². The first-order valence-corrected chi connectivity index (χ1v) is 4.05. The van der Waals surface area contributed by atoms with Gasteiger partial charge in [0.2, 0.25) is 0 Å². The Labute approximate surface area is 76.5 Å². The molecule has 1 rings (SSSR count). The Morgan fingerprint density at radius 2 is 2.23 bits per heavy atom. The van der Waals surface area contributed by atoms with Gasteiger partial charge in [0.1, 0.15) is 17.7 Å². The summed E-state index contributed by atoms with van der Waals surface area (Å²) >= 11 is 0. The Morgan fingerprint density at radius 1 is 1.54 bits per heavy atom. The maximum Gasteiger partial charge on any atom is 0.149 e. The summed E-state index contributed by atoms with van der Waals surface area (Å²) in [7, 11) is 0. The molecule has 72 valence electrons. The molecule has 4 heteroatoms. The minimum atomic E-state index is -0.471. The minimum absolute atomic E-state index is 0.118. The second-order valence-corrected chi connectivity index (χ2v) is 2.85. The van der Waals surface area contributed by atoms with Crippen LogP contribution in [0.3, 0.4) is 0 Å². The van der Waals surface area contributed by atoms with E-state index >= 15 is 0 Å². The fourth-order valence-electron chi connectivity index (χ4n) is 0.862. The van der Waals surface area contributed by atoms with E-state index in [-0.39, 0.29) is 11.8 Å². The number of anilines is 1. The van der Waals surface area contributed by atoms with Gasteiger partial charge in [0.15, 0.2) is 0 Å². The Balaban J connectivity index is 2.73. The molecule has 0 heterocycles. The molecule has 0 saturated carbocycles. The first-order chi connectivity index (χ1) is 6.13. The molecule has 0 aromatic heterocycles. The van der Waals surface area contributed by atoms with Gasteiger partial charge in [0.05, 0.1) is 5.69 Å². The second kappa shape index (κ2) is 4.09. The first-order valence-electron chi connectivity index (χ1n) is 4.05. The second-order valence-electron chi connectivity index (χ2n) is 2.85. The normalized spacial score (nSPS) is 12.5. The number of halogens is 1. The van der Waals surface area contributed by atoms with Crippen molar-refractivity contribution in [3.8, 4) is 5.75 Å². The minimum Gasteiger partial charge on any atom is -0.489 e. The smallest absolute Gasteiger partial charge is 0.149 e. The van der Waals surface area contributed by atoms with E-state index in [0.717, 1.165) is 0 Å². The quantitative estimate of drug-likeness (QED) is 0.692. The number of benzene rings is 1. The molecule has 13 heavy (non-hydrogen) atoms. The van der Waals surface area contributed by atoms with Gasteiger partial charge in [-0.25, -0.2) is 4.39 Å². The Morgan fingerprint density at radius 3 is 2.77 bits per heavy atom. The van der Waals surface area contributed by atoms with Crippen LogP contribution in [-0.4, -0.2) is 12.6 Å². The first kappa shape index (κ1) is 9.80. The fourth-order valence-corrected chi connectivity index (χ4v) is 0.862. The molecule has 0 amide bonds. The van der Waals surface area contributed by atoms with Gasteiger partial charge in [-0.3, -0.25) is 0 Å². The Hall–Kier alpha value is -1.29. The molecule has 0 fully saturated rings. The van der Waals surface area contributed by atoms with E-state index in [9.17, 15) is 4.39 Å². The Bertz CT molecular complexity index is 291. The molecule has 0 spiro atoms. The number of ether oxygens (including phenoxy) is 1. The molecule has 3 nitrogen and oxygen atoms in total. The zero-order valence-electron chi connectivity index (χ0n) is 7.46. The van der Waals surface area contributed by atoms with Crippen molar-refractivity contribution in [2.75, 3.05) is 12.3 Å². The molecule has 1 aromatic carbocycles. The van der Waals surface area contributed by atoms with Crippen molar-refractivity contribution in [3.63, 3.8) is 0 Å². The van der Waals surface area contributed by atoms with Gasteiger partial charge < -0.3 is 16.2 Å². The van der Waals surface area contributed by atoms with Gasteiger partial charge in [-0.05, 0) is 19.1 Å². The van der Waals surface area contributed by atoms with Crippen molar-refractivity contribution in [1.29, 1.82) is 0 Å². The maximum atomic E-state index is 12.9. The lowest BCUT2D eigenvalue weighted by atomic mass is 10.3. The van der Waals surface area contributed by atoms with Gasteiger partial charge in [0.25, 0.3) is 0 Å². The summed E-state index contributed by atoms with van der Waals surface area (Å²) in [6, 6.07) is 4.33. The van der Waals surface area contributed by atoms with Gasteiger partial charge in [0, 0.05) is 12.6 Å². The van der Waals surface area contributed by atoms with Crippen molar-refractivity contribution < 1.29 is 9.13 Å². The summed E-state index contributed by atoms with van der Waals surface area (Å²) in [6.45, 7) is 2.21. The number of hydrogen-bond acceptors (Lipinski definition) is 3. The monoisotopic (exact) mass is 184 g/mol. The lowest BCUT2D eigenvalue weighted by Crippen LogP contribution is -2.22. The van der Waals surface area contributed by atoms with E-state index in [1.807, 2.05) is 6.92 Å². The van der Waals surface area contributed by atoms with Crippen molar-refractivity contribution >= 4 is 5.69 Å². The van der Waals surface area contributed by atoms with Gasteiger partial charge >= 0.3 is 0 Å². The average Bonchev–Trinajstić information content (AvgIpc) is 2.11. The van der Waals surface area contributed by atoms with Gasteiger partial charge in [-0.1, -0.05) is 0 Å². The van der Waals surface area contributed by atoms with Crippen LogP contribution in [0.1, 0.15) is 6.92 Å². The number of hydrogen-bond donors (Lipinski definition) is 2.